The van der Waals surface area contributed by atoms with Crippen molar-refractivity contribution in [1.29, 1.82) is 0 Å². The van der Waals surface area contributed by atoms with Crippen LogP contribution in [0.4, 0.5) is 0 Å². The zero-order valence-electron chi connectivity index (χ0n) is 51.8. The van der Waals surface area contributed by atoms with Crippen LogP contribution in [0.25, 0.3) is 0 Å². The second-order valence-corrected chi connectivity index (χ2v) is 23.8. The summed E-state index contributed by atoms with van der Waals surface area (Å²) in [6.07, 6.45) is 78.2. The molecule has 0 aromatic rings. The summed E-state index contributed by atoms with van der Waals surface area (Å²) >= 11 is 0. The molecule has 0 rings (SSSR count). The van der Waals surface area contributed by atoms with Crippen molar-refractivity contribution in [1.82, 2.24) is 0 Å². The average Bonchev–Trinajstić information content (AvgIpc) is 3.42. The second kappa shape index (κ2) is 65.7. The van der Waals surface area contributed by atoms with Gasteiger partial charge < -0.3 is 14.2 Å². The minimum atomic E-state index is -0.769. The summed E-state index contributed by atoms with van der Waals surface area (Å²) < 4.78 is 17.0. The first-order chi connectivity index (χ1) is 37.5. The first kappa shape index (κ1) is 74.2. The Bertz CT molecular complexity index is 1180. The van der Waals surface area contributed by atoms with E-state index in [0.717, 1.165) is 64.2 Å². The van der Waals surface area contributed by atoms with E-state index in [4.69, 9.17) is 14.2 Å². The molecular weight excluding hydrogens is 937 g/mol. The van der Waals surface area contributed by atoms with Crippen LogP contribution in [0.5, 0.6) is 0 Å². The number of ether oxygens (including phenoxy) is 3. The van der Waals surface area contributed by atoms with Gasteiger partial charge in [-0.15, -0.1) is 0 Å². The lowest BCUT2D eigenvalue weighted by Gasteiger charge is -2.18. The highest BCUT2D eigenvalue weighted by Gasteiger charge is 2.19. The van der Waals surface area contributed by atoms with Crippen LogP contribution in [0, 0.1) is 0 Å². The molecule has 1 atom stereocenters. The molecule has 0 aliphatic rings. The van der Waals surface area contributed by atoms with Crippen LogP contribution in [0.15, 0.2) is 12.2 Å². The molecule has 0 N–H and O–H groups in total. The fraction of sp³-hybridized carbons (Fsp3) is 0.929. The lowest BCUT2D eigenvalue weighted by Crippen LogP contribution is -2.30. The van der Waals surface area contributed by atoms with Crippen molar-refractivity contribution >= 4 is 17.9 Å². The van der Waals surface area contributed by atoms with Crippen LogP contribution >= 0.6 is 0 Å². The van der Waals surface area contributed by atoms with Crippen molar-refractivity contribution in [2.75, 3.05) is 13.2 Å². The molecule has 0 aromatic carbocycles. The Morgan fingerprint density at radius 3 is 0.671 bits per heavy atom. The molecule has 76 heavy (non-hydrogen) atoms. The number of hydrogen-bond acceptors (Lipinski definition) is 6. The molecule has 6 nitrogen and oxygen atoms in total. The maximum absolute atomic E-state index is 12.9. The van der Waals surface area contributed by atoms with Crippen molar-refractivity contribution in [3.05, 3.63) is 12.2 Å². The van der Waals surface area contributed by atoms with Gasteiger partial charge in [0.1, 0.15) is 13.2 Å². The van der Waals surface area contributed by atoms with E-state index in [2.05, 4.69) is 32.9 Å². The third-order valence-electron chi connectivity index (χ3n) is 16.0. The summed E-state index contributed by atoms with van der Waals surface area (Å²) in [5, 5.41) is 0. The highest BCUT2D eigenvalue weighted by Crippen LogP contribution is 2.19. The molecule has 0 saturated heterocycles. The standard InChI is InChI=1S/C70H134O6/c1-4-7-10-13-16-19-22-25-27-29-31-32-33-34-35-36-37-38-39-41-42-45-48-51-54-57-60-63-69(72)75-66-67(65-74-68(71)62-59-56-53-50-47-44-24-21-18-15-12-9-6-3)76-70(73)64-61-58-55-52-49-46-43-40-30-28-26-23-20-17-14-11-8-5-2/h21,24,67H,4-20,22-23,25-66H2,1-3H3/b24-21-. The summed E-state index contributed by atoms with van der Waals surface area (Å²) in [6, 6.07) is 0. The van der Waals surface area contributed by atoms with E-state index >= 15 is 0 Å². The van der Waals surface area contributed by atoms with Gasteiger partial charge in [-0.05, 0) is 44.9 Å². The fourth-order valence-electron chi connectivity index (χ4n) is 10.8. The van der Waals surface area contributed by atoms with Gasteiger partial charge in [0.2, 0.25) is 0 Å². The zero-order chi connectivity index (χ0) is 55.0. The van der Waals surface area contributed by atoms with Crippen LogP contribution in [0.1, 0.15) is 400 Å². The topological polar surface area (TPSA) is 78.9 Å². The van der Waals surface area contributed by atoms with Crippen molar-refractivity contribution in [3.8, 4) is 0 Å². The fourth-order valence-corrected chi connectivity index (χ4v) is 10.8. The highest BCUT2D eigenvalue weighted by atomic mass is 16.6. The lowest BCUT2D eigenvalue weighted by molar-refractivity contribution is -0.167. The quantitative estimate of drug-likeness (QED) is 0.0261. The van der Waals surface area contributed by atoms with Gasteiger partial charge in [0, 0.05) is 19.3 Å². The molecule has 6 heteroatoms. The molecule has 1 unspecified atom stereocenters. The number of hydrogen-bond donors (Lipinski definition) is 0. The molecule has 0 spiro atoms. The second-order valence-electron chi connectivity index (χ2n) is 23.8. The van der Waals surface area contributed by atoms with E-state index in [9.17, 15) is 14.4 Å². The van der Waals surface area contributed by atoms with Crippen LogP contribution in [0.3, 0.4) is 0 Å². The molecule has 0 aliphatic heterocycles. The minimum absolute atomic E-state index is 0.0658. The van der Waals surface area contributed by atoms with Crippen LogP contribution in [0.2, 0.25) is 0 Å². The Kier molecular flexibility index (Phi) is 64.1. The van der Waals surface area contributed by atoms with Crippen LogP contribution in [-0.4, -0.2) is 37.2 Å². The summed E-state index contributed by atoms with van der Waals surface area (Å²) in [6.45, 7) is 6.71. The number of rotatable bonds is 65. The summed E-state index contributed by atoms with van der Waals surface area (Å²) in [5.41, 5.74) is 0. The van der Waals surface area contributed by atoms with E-state index in [1.165, 1.54) is 295 Å². The predicted octanol–water partition coefficient (Wildman–Crippen LogP) is 23.6. The zero-order valence-corrected chi connectivity index (χ0v) is 51.8. The number of unbranched alkanes of at least 4 members (excludes halogenated alkanes) is 52. The van der Waals surface area contributed by atoms with Gasteiger partial charge in [0.25, 0.3) is 0 Å². The molecule has 0 bridgehead atoms. The van der Waals surface area contributed by atoms with Gasteiger partial charge in [-0.2, -0.15) is 0 Å². The highest BCUT2D eigenvalue weighted by molar-refractivity contribution is 5.71. The van der Waals surface area contributed by atoms with E-state index in [0.29, 0.717) is 19.3 Å². The maximum Gasteiger partial charge on any atom is 0.306 e. The van der Waals surface area contributed by atoms with E-state index < -0.39 is 6.10 Å². The number of esters is 3. The molecule has 450 valence electrons. The average molecular weight is 1070 g/mol. The largest absolute Gasteiger partial charge is 0.462 e. The molecule has 0 fully saturated rings. The Balaban J connectivity index is 4.17. The lowest BCUT2D eigenvalue weighted by atomic mass is 10.0. The third kappa shape index (κ3) is 63.0. The van der Waals surface area contributed by atoms with E-state index in [1.807, 2.05) is 0 Å². The Morgan fingerprint density at radius 1 is 0.250 bits per heavy atom. The Morgan fingerprint density at radius 2 is 0.434 bits per heavy atom. The SMILES string of the molecule is CCCCCC/C=C\CCCCCCCC(=O)OCC(COC(=O)CCCCCCCCCCCCCCCCCCCCCCCCCCCCC)OC(=O)CCCCCCCCCCCCCCCCCCCC. The summed E-state index contributed by atoms with van der Waals surface area (Å²) in [7, 11) is 0. The predicted molar refractivity (Wildman–Crippen MR) is 330 cm³/mol. The van der Waals surface area contributed by atoms with Gasteiger partial charge in [0.05, 0.1) is 0 Å². The molecule has 0 amide bonds. The smallest absolute Gasteiger partial charge is 0.306 e. The van der Waals surface area contributed by atoms with E-state index in [-0.39, 0.29) is 31.1 Å². The summed E-state index contributed by atoms with van der Waals surface area (Å²) in [4.78, 5) is 38.3. The van der Waals surface area contributed by atoms with Crippen molar-refractivity contribution in [2.45, 2.75) is 406 Å². The Hall–Kier alpha value is -1.85. The maximum atomic E-state index is 12.9. The molecule has 0 heterocycles. The van der Waals surface area contributed by atoms with Crippen LogP contribution < -0.4 is 0 Å². The monoisotopic (exact) mass is 1070 g/mol. The van der Waals surface area contributed by atoms with Crippen LogP contribution in [-0.2, 0) is 28.6 Å². The molecular formula is C70H134O6. The van der Waals surface area contributed by atoms with Gasteiger partial charge in [-0.3, -0.25) is 14.4 Å². The number of carbonyl (C=O) groups is 3. The molecule has 0 saturated carbocycles. The normalized spacial score (nSPS) is 12.0. The van der Waals surface area contributed by atoms with Gasteiger partial charge in [-0.1, -0.05) is 348 Å². The third-order valence-corrected chi connectivity index (χ3v) is 16.0. The van der Waals surface area contributed by atoms with E-state index in [1.54, 1.807) is 0 Å². The first-order valence-electron chi connectivity index (χ1n) is 34.7. The van der Waals surface area contributed by atoms with Crippen molar-refractivity contribution in [3.63, 3.8) is 0 Å². The first-order valence-corrected chi connectivity index (χ1v) is 34.7. The van der Waals surface area contributed by atoms with Gasteiger partial charge >= 0.3 is 17.9 Å². The Labute approximate surface area is 475 Å². The van der Waals surface area contributed by atoms with Crippen molar-refractivity contribution in [2.24, 2.45) is 0 Å². The number of allylic oxidation sites excluding steroid dienone is 2. The molecule has 0 radical (unpaired) electrons. The summed E-state index contributed by atoms with van der Waals surface area (Å²) in [5.74, 6) is -0.842. The van der Waals surface area contributed by atoms with Gasteiger partial charge in [0.15, 0.2) is 6.10 Å². The van der Waals surface area contributed by atoms with Crippen molar-refractivity contribution < 1.29 is 28.6 Å². The molecule has 0 aromatic heterocycles. The van der Waals surface area contributed by atoms with Gasteiger partial charge in [-0.25, -0.2) is 0 Å². The molecule has 0 aliphatic carbocycles. The minimum Gasteiger partial charge on any atom is -0.462 e. The number of carbonyl (C=O) groups excluding carboxylic acids is 3.